The fourth-order valence-electron chi connectivity index (χ4n) is 2.33. The normalized spacial score (nSPS) is 12.5. The zero-order chi connectivity index (χ0) is 14.2. The molecule has 0 amide bonds. The minimum Gasteiger partial charge on any atom is -0.491 e. The van der Waals surface area contributed by atoms with Gasteiger partial charge in [-0.05, 0) is 43.7 Å². The van der Waals surface area contributed by atoms with Crippen molar-refractivity contribution >= 4 is 10.9 Å². The molecule has 0 radical (unpaired) electrons. The second-order valence-corrected chi connectivity index (χ2v) is 5.08. The van der Waals surface area contributed by atoms with Gasteiger partial charge in [-0.2, -0.15) is 0 Å². The largest absolute Gasteiger partial charge is 0.491 e. The number of hydrogen-bond acceptors (Lipinski definition) is 3. The maximum absolute atomic E-state index is 6.03. The summed E-state index contributed by atoms with van der Waals surface area (Å²) in [6.45, 7) is 6.16. The van der Waals surface area contributed by atoms with Crippen LogP contribution in [0, 0.1) is 0 Å². The molecule has 20 heavy (non-hydrogen) atoms. The molecular weight excluding hydrogens is 248 g/mol. The highest BCUT2D eigenvalue weighted by Gasteiger charge is 2.09. The highest BCUT2D eigenvalue weighted by Crippen LogP contribution is 2.23. The van der Waals surface area contributed by atoms with E-state index < -0.39 is 0 Å². The van der Waals surface area contributed by atoms with Crippen LogP contribution in [0.2, 0.25) is 0 Å². The van der Waals surface area contributed by atoms with Gasteiger partial charge in [0.1, 0.15) is 12.4 Å². The van der Waals surface area contributed by atoms with Gasteiger partial charge in [0.2, 0.25) is 0 Å². The average molecular weight is 272 g/mol. The van der Waals surface area contributed by atoms with Crippen molar-refractivity contribution in [3.8, 4) is 5.75 Å². The maximum Gasteiger partial charge on any atom is 0.128 e. The molecule has 2 aromatic rings. The molecule has 1 heterocycles. The molecule has 0 saturated heterocycles. The van der Waals surface area contributed by atoms with E-state index in [0.717, 1.165) is 36.0 Å². The molecular formula is C17H24N2O. The SMILES string of the molecule is CCCNC(CCC)COc1cccc2ncccc12. The van der Waals surface area contributed by atoms with E-state index in [9.17, 15) is 0 Å². The van der Waals surface area contributed by atoms with Crippen molar-refractivity contribution in [1.82, 2.24) is 10.3 Å². The lowest BCUT2D eigenvalue weighted by Gasteiger charge is -2.19. The lowest BCUT2D eigenvalue weighted by Crippen LogP contribution is -2.35. The standard InChI is InChI=1S/C17H24N2O/c1-3-7-14(18-11-4-2)13-20-17-10-5-9-16-15(17)8-6-12-19-16/h5-6,8-10,12,14,18H,3-4,7,11,13H2,1-2H3. The van der Waals surface area contributed by atoms with E-state index in [-0.39, 0.29) is 0 Å². The fraction of sp³-hybridized carbons (Fsp3) is 0.471. The summed E-state index contributed by atoms with van der Waals surface area (Å²) in [6.07, 6.45) is 5.28. The van der Waals surface area contributed by atoms with Gasteiger partial charge in [0.25, 0.3) is 0 Å². The molecule has 0 aliphatic rings. The number of nitrogens with one attached hydrogen (secondary N) is 1. The molecule has 0 aliphatic heterocycles. The van der Waals surface area contributed by atoms with Crippen LogP contribution in [0.5, 0.6) is 5.75 Å². The van der Waals surface area contributed by atoms with Crippen LogP contribution < -0.4 is 10.1 Å². The summed E-state index contributed by atoms with van der Waals surface area (Å²) in [7, 11) is 0. The van der Waals surface area contributed by atoms with Crippen molar-refractivity contribution in [3.63, 3.8) is 0 Å². The topological polar surface area (TPSA) is 34.1 Å². The molecule has 0 aliphatic carbocycles. The Kier molecular flexibility index (Phi) is 5.81. The van der Waals surface area contributed by atoms with Crippen molar-refractivity contribution in [2.75, 3.05) is 13.2 Å². The van der Waals surface area contributed by atoms with Gasteiger partial charge < -0.3 is 10.1 Å². The van der Waals surface area contributed by atoms with Gasteiger partial charge in [0, 0.05) is 17.6 Å². The Bertz CT molecular complexity index is 522. The third kappa shape index (κ3) is 3.94. The van der Waals surface area contributed by atoms with Crippen LogP contribution in [-0.4, -0.2) is 24.2 Å². The quantitative estimate of drug-likeness (QED) is 0.794. The lowest BCUT2D eigenvalue weighted by atomic mass is 10.1. The zero-order valence-electron chi connectivity index (χ0n) is 12.4. The molecule has 0 spiro atoms. The second-order valence-electron chi connectivity index (χ2n) is 5.08. The molecule has 1 aromatic carbocycles. The van der Waals surface area contributed by atoms with Gasteiger partial charge in [-0.25, -0.2) is 0 Å². The number of benzene rings is 1. The number of pyridine rings is 1. The third-order valence-corrected chi connectivity index (χ3v) is 3.37. The minimum absolute atomic E-state index is 0.423. The maximum atomic E-state index is 6.03. The molecule has 1 aromatic heterocycles. The molecule has 0 bridgehead atoms. The summed E-state index contributed by atoms with van der Waals surface area (Å²) < 4.78 is 6.03. The first-order chi connectivity index (χ1) is 9.85. The first-order valence-electron chi connectivity index (χ1n) is 7.55. The predicted octanol–water partition coefficient (Wildman–Crippen LogP) is 3.78. The van der Waals surface area contributed by atoms with Gasteiger partial charge in [0.15, 0.2) is 0 Å². The summed E-state index contributed by atoms with van der Waals surface area (Å²) in [5, 5.41) is 4.63. The van der Waals surface area contributed by atoms with Crippen LogP contribution in [0.25, 0.3) is 10.9 Å². The Morgan fingerprint density at radius 2 is 2.05 bits per heavy atom. The van der Waals surface area contributed by atoms with Gasteiger partial charge in [-0.3, -0.25) is 4.98 Å². The highest BCUT2D eigenvalue weighted by atomic mass is 16.5. The number of hydrogen-bond donors (Lipinski definition) is 1. The first-order valence-corrected chi connectivity index (χ1v) is 7.55. The Morgan fingerprint density at radius 1 is 1.15 bits per heavy atom. The van der Waals surface area contributed by atoms with Crippen molar-refractivity contribution in [3.05, 3.63) is 36.5 Å². The van der Waals surface area contributed by atoms with E-state index in [1.807, 2.05) is 30.5 Å². The van der Waals surface area contributed by atoms with Crippen LogP contribution in [0.1, 0.15) is 33.1 Å². The molecule has 3 nitrogen and oxygen atoms in total. The Balaban J connectivity index is 2.03. The van der Waals surface area contributed by atoms with E-state index in [0.29, 0.717) is 12.6 Å². The highest BCUT2D eigenvalue weighted by molar-refractivity contribution is 5.84. The summed E-state index contributed by atoms with van der Waals surface area (Å²) >= 11 is 0. The Morgan fingerprint density at radius 3 is 2.85 bits per heavy atom. The van der Waals surface area contributed by atoms with E-state index in [2.05, 4.69) is 30.2 Å². The fourth-order valence-corrected chi connectivity index (χ4v) is 2.33. The summed E-state index contributed by atoms with van der Waals surface area (Å²) in [5.41, 5.74) is 0.985. The van der Waals surface area contributed by atoms with Gasteiger partial charge in [-0.1, -0.05) is 26.3 Å². The predicted molar refractivity (Wildman–Crippen MR) is 84.2 cm³/mol. The van der Waals surface area contributed by atoms with E-state index in [1.165, 1.54) is 6.42 Å². The molecule has 0 fully saturated rings. The number of aromatic nitrogens is 1. The van der Waals surface area contributed by atoms with Crippen LogP contribution in [0.15, 0.2) is 36.5 Å². The zero-order valence-corrected chi connectivity index (χ0v) is 12.4. The molecule has 3 heteroatoms. The van der Waals surface area contributed by atoms with Crippen molar-refractivity contribution in [2.24, 2.45) is 0 Å². The van der Waals surface area contributed by atoms with Gasteiger partial charge >= 0.3 is 0 Å². The molecule has 1 N–H and O–H groups in total. The van der Waals surface area contributed by atoms with E-state index in [1.54, 1.807) is 0 Å². The van der Waals surface area contributed by atoms with Crippen molar-refractivity contribution in [1.29, 1.82) is 0 Å². The lowest BCUT2D eigenvalue weighted by molar-refractivity contribution is 0.258. The summed E-state index contributed by atoms with van der Waals surface area (Å²) in [4.78, 5) is 4.36. The molecule has 108 valence electrons. The smallest absolute Gasteiger partial charge is 0.128 e. The third-order valence-electron chi connectivity index (χ3n) is 3.37. The molecule has 0 saturated carbocycles. The van der Waals surface area contributed by atoms with Crippen LogP contribution >= 0.6 is 0 Å². The van der Waals surface area contributed by atoms with Crippen molar-refractivity contribution in [2.45, 2.75) is 39.2 Å². The summed E-state index contributed by atoms with van der Waals surface area (Å²) in [5.74, 6) is 0.926. The van der Waals surface area contributed by atoms with Crippen LogP contribution in [0.3, 0.4) is 0 Å². The number of fused-ring (bicyclic) bond motifs is 1. The second kappa shape index (κ2) is 7.85. The van der Waals surface area contributed by atoms with Crippen LogP contribution in [0.4, 0.5) is 0 Å². The summed E-state index contributed by atoms with van der Waals surface area (Å²) in [6, 6.07) is 10.5. The minimum atomic E-state index is 0.423. The van der Waals surface area contributed by atoms with Gasteiger partial charge in [-0.15, -0.1) is 0 Å². The molecule has 1 atom stereocenters. The van der Waals surface area contributed by atoms with Crippen molar-refractivity contribution < 1.29 is 4.74 Å². The van der Waals surface area contributed by atoms with E-state index >= 15 is 0 Å². The monoisotopic (exact) mass is 272 g/mol. The first kappa shape index (κ1) is 14.8. The molecule has 1 unspecified atom stereocenters. The Hall–Kier alpha value is -1.61. The van der Waals surface area contributed by atoms with Gasteiger partial charge in [0.05, 0.1) is 5.52 Å². The van der Waals surface area contributed by atoms with E-state index in [4.69, 9.17) is 4.74 Å². The van der Waals surface area contributed by atoms with Crippen LogP contribution in [-0.2, 0) is 0 Å². The average Bonchev–Trinajstić information content (AvgIpc) is 2.50. The number of nitrogens with zero attached hydrogens (tertiary/aromatic N) is 1. The Labute approximate surface area is 121 Å². The number of rotatable bonds is 8. The number of ether oxygens (including phenoxy) is 1. The molecule has 2 rings (SSSR count).